The molecule has 0 radical (unpaired) electrons. The number of aromatic nitrogens is 1. The van der Waals surface area contributed by atoms with Crippen molar-refractivity contribution in [3.05, 3.63) is 18.3 Å². The highest BCUT2D eigenvalue weighted by atomic mass is 19.3. The fourth-order valence-corrected chi connectivity index (χ4v) is 2.31. The van der Waals surface area contributed by atoms with Crippen LogP contribution in [0.4, 0.5) is 14.6 Å². The lowest BCUT2D eigenvalue weighted by Gasteiger charge is -2.35. The van der Waals surface area contributed by atoms with Crippen LogP contribution in [0.2, 0.25) is 0 Å². The third kappa shape index (κ3) is 7.50. The summed E-state index contributed by atoms with van der Waals surface area (Å²) < 4.78 is 36.2. The van der Waals surface area contributed by atoms with Crippen LogP contribution in [0.25, 0.3) is 0 Å². The molecule has 0 unspecified atom stereocenters. The number of alkyl halides is 2. The highest BCUT2D eigenvalue weighted by Gasteiger charge is 2.27. The number of nitrogens with zero attached hydrogens (tertiary/aromatic N) is 3. The van der Waals surface area contributed by atoms with Crippen LogP contribution in [-0.4, -0.2) is 75.4 Å². The second kappa shape index (κ2) is 11.2. The van der Waals surface area contributed by atoms with Crippen LogP contribution in [-0.2, 0) is 4.74 Å². The molecular formula is C17H30F2N4O2. The number of pyridine rings is 1. The summed E-state index contributed by atoms with van der Waals surface area (Å²) in [6, 6.07) is 3.45. The van der Waals surface area contributed by atoms with Gasteiger partial charge in [0.25, 0.3) is 5.92 Å². The molecule has 0 spiro atoms. The Morgan fingerprint density at radius 1 is 1.20 bits per heavy atom. The molecule has 0 atom stereocenters. The lowest BCUT2D eigenvalue weighted by Crippen LogP contribution is -2.47. The fourth-order valence-electron chi connectivity index (χ4n) is 2.31. The average molecular weight is 360 g/mol. The number of rotatable bonds is 8. The summed E-state index contributed by atoms with van der Waals surface area (Å²) in [7, 11) is 1.70. The van der Waals surface area contributed by atoms with E-state index < -0.39 is 19.1 Å². The van der Waals surface area contributed by atoms with Crippen molar-refractivity contribution in [2.45, 2.75) is 19.8 Å². The molecule has 2 heterocycles. The normalized spacial score (nSPS) is 15.5. The Balaban J connectivity index is 0.00000151. The number of hydrogen-bond acceptors (Lipinski definition) is 6. The van der Waals surface area contributed by atoms with E-state index >= 15 is 0 Å². The third-order valence-electron chi connectivity index (χ3n) is 3.78. The summed E-state index contributed by atoms with van der Waals surface area (Å²) in [5.74, 6) is -1.87. The highest BCUT2D eigenvalue weighted by Crippen LogP contribution is 2.19. The Morgan fingerprint density at radius 3 is 2.40 bits per heavy atom. The second-order valence-corrected chi connectivity index (χ2v) is 5.52. The fraction of sp³-hybridized carbons (Fsp3) is 0.706. The van der Waals surface area contributed by atoms with Crippen LogP contribution in [0.15, 0.2) is 18.3 Å². The van der Waals surface area contributed by atoms with Crippen molar-refractivity contribution in [1.29, 1.82) is 0 Å². The van der Waals surface area contributed by atoms with Gasteiger partial charge in [0.1, 0.15) is 11.6 Å². The van der Waals surface area contributed by atoms with E-state index in [9.17, 15) is 8.78 Å². The number of hydrogen-bond donors (Lipinski definition) is 1. The van der Waals surface area contributed by atoms with Gasteiger partial charge in [0.2, 0.25) is 0 Å². The topological polar surface area (TPSA) is 63.9 Å². The molecule has 0 amide bonds. The molecule has 2 rings (SSSR count). The molecule has 1 aromatic rings. The third-order valence-corrected chi connectivity index (χ3v) is 3.78. The lowest BCUT2D eigenvalue weighted by molar-refractivity contribution is -0.0320. The first-order valence-corrected chi connectivity index (χ1v) is 8.67. The molecule has 8 heteroatoms. The zero-order chi connectivity index (χ0) is 18.7. The number of methoxy groups -OCH3 is 1. The molecule has 6 nitrogen and oxygen atoms in total. The summed E-state index contributed by atoms with van der Waals surface area (Å²) in [5.41, 5.74) is 4.97. The molecule has 1 aliphatic heterocycles. The maximum absolute atomic E-state index is 13.0. The van der Waals surface area contributed by atoms with Crippen molar-refractivity contribution >= 4 is 5.82 Å². The first-order valence-electron chi connectivity index (χ1n) is 8.67. The quantitative estimate of drug-likeness (QED) is 0.763. The Kier molecular flexibility index (Phi) is 9.62. The SMILES string of the molecule is CC.COCCN1CCN(c2ccc(OCC(F)(F)CN)cn2)CC1. The smallest absolute Gasteiger partial charge is 0.293 e. The summed E-state index contributed by atoms with van der Waals surface area (Å²) in [6.45, 7) is 7.86. The van der Waals surface area contributed by atoms with Crippen LogP contribution in [0.5, 0.6) is 5.75 Å². The Hall–Kier alpha value is -1.51. The predicted octanol–water partition coefficient (Wildman–Crippen LogP) is 1.85. The van der Waals surface area contributed by atoms with Gasteiger partial charge in [0, 0.05) is 39.8 Å². The standard InChI is InChI=1S/C15H24F2N4O2.C2H6/c1-22-9-8-20-4-6-21(7-5-20)14-3-2-13(10-19-14)23-12-15(16,17)11-18;1-2/h2-3,10H,4-9,11-12,18H2,1H3;1-2H3. The molecule has 1 saturated heterocycles. The molecule has 0 aromatic carbocycles. The molecule has 25 heavy (non-hydrogen) atoms. The first-order chi connectivity index (χ1) is 12.0. The van der Waals surface area contributed by atoms with E-state index in [0.29, 0.717) is 5.75 Å². The van der Waals surface area contributed by atoms with Gasteiger partial charge in [-0.2, -0.15) is 0 Å². The molecule has 0 saturated carbocycles. The molecular weight excluding hydrogens is 330 g/mol. The number of anilines is 1. The van der Waals surface area contributed by atoms with Crippen molar-refractivity contribution in [2.24, 2.45) is 5.73 Å². The number of piperazine rings is 1. The number of nitrogens with two attached hydrogens (primary N) is 1. The van der Waals surface area contributed by atoms with Gasteiger partial charge < -0.3 is 20.1 Å². The van der Waals surface area contributed by atoms with Gasteiger partial charge in [-0.05, 0) is 12.1 Å². The summed E-state index contributed by atoms with van der Waals surface area (Å²) in [5, 5.41) is 0. The van der Waals surface area contributed by atoms with Crippen molar-refractivity contribution in [3.63, 3.8) is 0 Å². The molecule has 2 N–H and O–H groups in total. The van der Waals surface area contributed by atoms with E-state index in [1.807, 2.05) is 13.8 Å². The van der Waals surface area contributed by atoms with Crippen LogP contribution >= 0.6 is 0 Å². The zero-order valence-corrected chi connectivity index (χ0v) is 15.4. The monoisotopic (exact) mass is 360 g/mol. The molecule has 1 aromatic heterocycles. The average Bonchev–Trinajstić information content (AvgIpc) is 2.67. The van der Waals surface area contributed by atoms with Crippen molar-refractivity contribution < 1.29 is 18.3 Å². The minimum atomic E-state index is -3.02. The summed E-state index contributed by atoms with van der Waals surface area (Å²) >= 11 is 0. The van der Waals surface area contributed by atoms with Crippen molar-refractivity contribution in [2.75, 3.05) is 64.5 Å². The maximum Gasteiger partial charge on any atom is 0.293 e. The number of halogens is 2. The van der Waals surface area contributed by atoms with E-state index in [0.717, 1.165) is 45.1 Å². The predicted molar refractivity (Wildman–Crippen MR) is 95.6 cm³/mol. The van der Waals surface area contributed by atoms with E-state index in [2.05, 4.69) is 14.8 Å². The minimum absolute atomic E-state index is 0.320. The second-order valence-electron chi connectivity index (χ2n) is 5.52. The van der Waals surface area contributed by atoms with E-state index in [1.54, 1.807) is 19.2 Å². The highest BCUT2D eigenvalue weighted by molar-refractivity contribution is 5.41. The molecule has 1 fully saturated rings. The summed E-state index contributed by atoms with van der Waals surface area (Å²) in [4.78, 5) is 8.81. The Bertz CT molecular complexity index is 466. The van der Waals surface area contributed by atoms with Crippen LogP contribution in [0, 0.1) is 0 Å². The molecule has 1 aliphatic rings. The molecule has 0 aliphatic carbocycles. The minimum Gasteiger partial charge on any atom is -0.486 e. The van der Waals surface area contributed by atoms with Crippen molar-refractivity contribution in [3.8, 4) is 5.75 Å². The van der Waals surface area contributed by atoms with Gasteiger partial charge >= 0.3 is 0 Å². The summed E-state index contributed by atoms with van der Waals surface area (Å²) in [6.07, 6.45) is 1.47. The van der Waals surface area contributed by atoms with Gasteiger partial charge in [0.05, 0.1) is 19.3 Å². The van der Waals surface area contributed by atoms with Gasteiger partial charge in [0.15, 0.2) is 6.61 Å². The van der Waals surface area contributed by atoms with Crippen molar-refractivity contribution in [1.82, 2.24) is 9.88 Å². The number of ether oxygens (including phenoxy) is 2. The maximum atomic E-state index is 13.0. The molecule has 0 bridgehead atoms. The Morgan fingerprint density at radius 2 is 1.88 bits per heavy atom. The zero-order valence-electron chi connectivity index (χ0n) is 15.4. The van der Waals surface area contributed by atoms with Gasteiger partial charge in [-0.25, -0.2) is 13.8 Å². The van der Waals surface area contributed by atoms with Crippen LogP contribution in [0.3, 0.4) is 0 Å². The Labute approximate surface area is 148 Å². The molecule has 144 valence electrons. The lowest BCUT2D eigenvalue weighted by atomic mass is 10.3. The van der Waals surface area contributed by atoms with Gasteiger partial charge in [-0.15, -0.1) is 0 Å². The van der Waals surface area contributed by atoms with Gasteiger partial charge in [-0.3, -0.25) is 4.90 Å². The van der Waals surface area contributed by atoms with Crippen LogP contribution < -0.4 is 15.4 Å². The first kappa shape index (κ1) is 21.5. The van der Waals surface area contributed by atoms with E-state index in [4.69, 9.17) is 15.2 Å². The van der Waals surface area contributed by atoms with E-state index in [-0.39, 0.29) is 0 Å². The largest absolute Gasteiger partial charge is 0.486 e. The van der Waals surface area contributed by atoms with Crippen LogP contribution in [0.1, 0.15) is 13.8 Å². The van der Waals surface area contributed by atoms with E-state index in [1.165, 1.54) is 6.20 Å². The van der Waals surface area contributed by atoms with Gasteiger partial charge in [-0.1, -0.05) is 13.8 Å².